The first kappa shape index (κ1) is 14.1. The van der Waals surface area contributed by atoms with Gasteiger partial charge in [-0.05, 0) is 64.6 Å². The predicted molar refractivity (Wildman–Crippen MR) is 111 cm³/mol. The lowest BCUT2D eigenvalue weighted by atomic mass is 9.98. The lowest BCUT2D eigenvalue weighted by Crippen LogP contribution is -1.93. The first-order valence-corrected chi connectivity index (χ1v) is 9.40. The fourth-order valence-corrected chi connectivity index (χ4v) is 4.83. The van der Waals surface area contributed by atoms with Crippen molar-refractivity contribution in [3.63, 3.8) is 0 Å². The topological polar surface area (TPSA) is 4.93 Å². The second kappa shape index (κ2) is 4.98. The van der Waals surface area contributed by atoms with Crippen LogP contribution in [0.2, 0.25) is 0 Å². The molecule has 0 amide bonds. The van der Waals surface area contributed by atoms with Crippen LogP contribution in [0.25, 0.3) is 43.7 Å². The molecule has 26 heavy (non-hydrogen) atoms. The normalized spacial score (nSPS) is 12.8. The summed E-state index contributed by atoms with van der Waals surface area (Å²) in [6.45, 7) is 3.23. The molecule has 0 fully saturated rings. The van der Waals surface area contributed by atoms with Crippen molar-refractivity contribution < 1.29 is 0 Å². The molecule has 0 aliphatic heterocycles. The van der Waals surface area contributed by atoms with Crippen LogP contribution in [0.4, 0.5) is 0 Å². The molecule has 1 heterocycles. The van der Waals surface area contributed by atoms with E-state index >= 15 is 0 Å². The standard InChI is InChI=1S/C25H19N/c1-2-26-22-12-11-19-13-18-9-5-6-10-20(18)24(19)25(22)21-14-16-7-3-4-8-17(16)15-23(21)26/h3-12,14-15H,2,13H2,1H3. The molecular formula is C25H19N. The lowest BCUT2D eigenvalue weighted by molar-refractivity contribution is 0.827. The van der Waals surface area contributed by atoms with Gasteiger partial charge < -0.3 is 4.57 Å². The molecule has 1 aliphatic rings. The Morgan fingerprint density at radius 1 is 0.769 bits per heavy atom. The van der Waals surface area contributed by atoms with E-state index in [-0.39, 0.29) is 0 Å². The van der Waals surface area contributed by atoms with Gasteiger partial charge in [0.15, 0.2) is 0 Å². The highest BCUT2D eigenvalue weighted by Crippen LogP contribution is 2.45. The number of aromatic nitrogens is 1. The fourth-order valence-electron chi connectivity index (χ4n) is 4.83. The van der Waals surface area contributed by atoms with E-state index in [4.69, 9.17) is 0 Å². The molecule has 0 atom stereocenters. The highest BCUT2D eigenvalue weighted by atomic mass is 15.0. The van der Waals surface area contributed by atoms with Crippen molar-refractivity contribution in [1.29, 1.82) is 0 Å². The molecule has 0 saturated carbocycles. The number of fused-ring (bicyclic) bond motifs is 8. The molecule has 1 nitrogen and oxygen atoms in total. The maximum Gasteiger partial charge on any atom is 0.0497 e. The van der Waals surface area contributed by atoms with E-state index in [2.05, 4.69) is 84.3 Å². The molecule has 6 rings (SSSR count). The van der Waals surface area contributed by atoms with Crippen LogP contribution in [0.15, 0.2) is 72.8 Å². The van der Waals surface area contributed by atoms with Gasteiger partial charge in [0.2, 0.25) is 0 Å². The molecule has 0 unspecified atom stereocenters. The zero-order valence-electron chi connectivity index (χ0n) is 14.8. The Kier molecular flexibility index (Phi) is 2.71. The van der Waals surface area contributed by atoms with Crippen molar-refractivity contribution in [1.82, 2.24) is 4.57 Å². The molecule has 0 bridgehead atoms. The Bertz CT molecular complexity index is 1340. The molecule has 4 aromatic carbocycles. The largest absolute Gasteiger partial charge is 0.341 e. The van der Waals surface area contributed by atoms with Crippen LogP contribution in [-0.4, -0.2) is 4.57 Å². The van der Waals surface area contributed by atoms with Crippen molar-refractivity contribution in [2.45, 2.75) is 19.9 Å². The van der Waals surface area contributed by atoms with Crippen LogP contribution in [0.1, 0.15) is 18.1 Å². The Morgan fingerprint density at radius 3 is 2.38 bits per heavy atom. The van der Waals surface area contributed by atoms with E-state index in [9.17, 15) is 0 Å². The van der Waals surface area contributed by atoms with Crippen LogP contribution in [-0.2, 0) is 13.0 Å². The van der Waals surface area contributed by atoms with Crippen LogP contribution >= 0.6 is 0 Å². The third kappa shape index (κ3) is 1.70. The van der Waals surface area contributed by atoms with E-state index in [0.717, 1.165) is 13.0 Å². The minimum absolute atomic E-state index is 0.985. The number of benzene rings is 4. The van der Waals surface area contributed by atoms with Crippen molar-refractivity contribution in [3.8, 4) is 11.1 Å². The minimum atomic E-state index is 0.985. The SMILES string of the molecule is CCn1c2cc3ccccc3cc2c2c3c(ccc21)Cc1ccccc1-3. The first-order valence-electron chi connectivity index (χ1n) is 9.40. The number of aryl methyl sites for hydroxylation is 1. The molecule has 5 aromatic rings. The summed E-state index contributed by atoms with van der Waals surface area (Å²) in [6.07, 6.45) is 1.05. The van der Waals surface area contributed by atoms with E-state index < -0.39 is 0 Å². The smallest absolute Gasteiger partial charge is 0.0497 e. The summed E-state index contributed by atoms with van der Waals surface area (Å²) in [4.78, 5) is 0. The van der Waals surface area contributed by atoms with Gasteiger partial charge in [0.25, 0.3) is 0 Å². The quantitative estimate of drug-likeness (QED) is 0.322. The molecule has 0 radical (unpaired) electrons. The third-order valence-corrected chi connectivity index (χ3v) is 5.97. The van der Waals surface area contributed by atoms with Crippen molar-refractivity contribution >= 4 is 32.6 Å². The zero-order chi connectivity index (χ0) is 17.3. The highest BCUT2D eigenvalue weighted by Gasteiger charge is 2.23. The van der Waals surface area contributed by atoms with Crippen LogP contribution in [0, 0.1) is 0 Å². The van der Waals surface area contributed by atoms with Gasteiger partial charge in [-0.2, -0.15) is 0 Å². The summed E-state index contributed by atoms with van der Waals surface area (Å²) < 4.78 is 2.47. The highest BCUT2D eigenvalue weighted by molar-refractivity contribution is 6.19. The summed E-state index contributed by atoms with van der Waals surface area (Å²) in [5, 5.41) is 5.44. The van der Waals surface area contributed by atoms with E-state index in [0.29, 0.717) is 0 Å². The first-order chi connectivity index (χ1) is 12.8. The van der Waals surface area contributed by atoms with Crippen molar-refractivity contribution in [2.75, 3.05) is 0 Å². The summed E-state index contributed by atoms with van der Waals surface area (Å²) >= 11 is 0. The third-order valence-electron chi connectivity index (χ3n) is 5.97. The average molecular weight is 333 g/mol. The number of rotatable bonds is 1. The Balaban J connectivity index is 1.86. The number of hydrogen-bond acceptors (Lipinski definition) is 0. The zero-order valence-corrected chi connectivity index (χ0v) is 14.8. The second-order valence-electron chi connectivity index (χ2n) is 7.29. The van der Waals surface area contributed by atoms with E-state index in [1.165, 1.54) is 54.8 Å². The molecule has 0 spiro atoms. The lowest BCUT2D eigenvalue weighted by Gasteiger charge is -2.06. The Hall–Kier alpha value is -3.06. The van der Waals surface area contributed by atoms with Gasteiger partial charge in [-0.25, -0.2) is 0 Å². The Labute approximate surface area is 152 Å². The minimum Gasteiger partial charge on any atom is -0.341 e. The van der Waals surface area contributed by atoms with Gasteiger partial charge in [0.05, 0.1) is 0 Å². The summed E-state index contributed by atoms with van der Waals surface area (Å²) in [7, 11) is 0. The van der Waals surface area contributed by atoms with E-state index in [1.54, 1.807) is 0 Å². The molecule has 1 heteroatoms. The van der Waals surface area contributed by atoms with Crippen molar-refractivity contribution in [2.24, 2.45) is 0 Å². The van der Waals surface area contributed by atoms with Crippen LogP contribution < -0.4 is 0 Å². The van der Waals surface area contributed by atoms with E-state index in [1.807, 2.05) is 0 Å². The molecule has 0 saturated heterocycles. The molecule has 1 aromatic heterocycles. The summed E-state index contributed by atoms with van der Waals surface area (Å²) in [6, 6.07) is 27.0. The number of nitrogens with zero attached hydrogens (tertiary/aromatic N) is 1. The fraction of sp³-hybridized carbons (Fsp3) is 0.120. The maximum atomic E-state index is 2.47. The monoisotopic (exact) mass is 333 g/mol. The van der Waals surface area contributed by atoms with Gasteiger partial charge >= 0.3 is 0 Å². The summed E-state index contributed by atoms with van der Waals surface area (Å²) in [5.74, 6) is 0. The van der Waals surface area contributed by atoms with Crippen LogP contribution in [0.3, 0.4) is 0 Å². The predicted octanol–water partition coefficient (Wildman–Crippen LogP) is 6.54. The van der Waals surface area contributed by atoms with Gasteiger partial charge in [-0.15, -0.1) is 0 Å². The van der Waals surface area contributed by atoms with Crippen molar-refractivity contribution in [3.05, 3.63) is 83.9 Å². The summed E-state index contributed by atoms with van der Waals surface area (Å²) in [5.41, 5.74) is 8.48. The van der Waals surface area contributed by atoms with Gasteiger partial charge in [-0.1, -0.05) is 54.6 Å². The van der Waals surface area contributed by atoms with Crippen LogP contribution in [0.5, 0.6) is 0 Å². The molecular weight excluding hydrogens is 314 g/mol. The molecule has 0 N–H and O–H groups in total. The average Bonchev–Trinajstić information content (AvgIpc) is 3.20. The van der Waals surface area contributed by atoms with Gasteiger partial charge in [0, 0.05) is 28.4 Å². The van der Waals surface area contributed by atoms with Gasteiger partial charge in [0.1, 0.15) is 0 Å². The Morgan fingerprint density at radius 2 is 1.54 bits per heavy atom. The second-order valence-corrected chi connectivity index (χ2v) is 7.29. The maximum absolute atomic E-state index is 2.47. The molecule has 124 valence electrons. The molecule has 1 aliphatic carbocycles. The van der Waals surface area contributed by atoms with Gasteiger partial charge in [-0.3, -0.25) is 0 Å². The number of hydrogen-bond donors (Lipinski definition) is 0.